The standard InChI is InChI=1S/C23H16ClNO4S/c1-30-16-7-4-13(5-8-16)20-19-21(26)17-11-14(24)6-9-18(17)29-22(19)23(27)25(20)12-15-3-2-10-28-15/h2-11,20H,12H2,1H3. The maximum atomic E-state index is 13.4. The van der Waals surface area contributed by atoms with Gasteiger partial charge in [0, 0.05) is 9.92 Å². The van der Waals surface area contributed by atoms with Gasteiger partial charge in [-0.3, -0.25) is 9.59 Å². The van der Waals surface area contributed by atoms with Crippen LogP contribution in [-0.4, -0.2) is 17.1 Å². The summed E-state index contributed by atoms with van der Waals surface area (Å²) in [6.07, 6.45) is 3.56. The summed E-state index contributed by atoms with van der Waals surface area (Å²) in [4.78, 5) is 29.5. The molecule has 0 saturated carbocycles. The van der Waals surface area contributed by atoms with E-state index in [4.69, 9.17) is 20.4 Å². The highest BCUT2D eigenvalue weighted by Crippen LogP contribution is 2.39. The Morgan fingerprint density at radius 1 is 1.10 bits per heavy atom. The van der Waals surface area contributed by atoms with Crippen LogP contribution in [0.5, 0.6) is 0 Å². The normalized spacial score (nSPS) is 15.7. The lowest BCUT2D eigenvalue weighted by Gasteiger charge is -2.24. The van der Waals surface area contributed by atoms with Gasteiger partial charge in [-0.25, -0.2) is 0 Å². The Balaban J connectivity index is 1.73. The predicted molar refractivity (Wildman–Crippen MR) is 116 cm³/mol. The van der Waals surface area contributed by atoms with Crippen molar-refractivity contribution < 1.29 is 13.6 Å². The Hall–Kier alpha value is -2.96. The quantitative estimate of drug-likeness (QED) is 0.394. The summed E-state index contributed by atoms with van der Waals surface area (Å²) in [5, 5.41) is 0.798. The highest BCUT2D eigenvalue weighted by atomic mass is 35.5. The lowest BCUT2D eigenvalue weighted by atomic mass is 9.98. The number of benzene rings is 2. The van der Waals surface area contributed by atoms with Gasteiger partial charge in [0.25, 0.3) is 5.91 Å². The zero-order valence-electron chi connectivity index (χ0n) is 15.9. The topological polar surface area (TPSA) is 63.7 Å². The minimum atomic E-state index is -0.576. The lowest BCUT2D eigenvalue weighted by Crippen LogP contribution is -2.29. The smallest absolute Gasteiger partial charge is 0.291 e. The zero-order valence-corrected chi connectivity index (χ0v) is 17.5. The molecule has 5 nitrogen and oxygen atoms in total. The van der Waals surface area contributed by atoms with Crippen molar-refractivity contribution in [2.24, 2.45) is 0 Å². The minimum Gasteiger partial charge on any atom is -0.467 e. The number of hydrogen-bond acceptors (Lipinski definition) is 5. The average Bonchev–Trinajstić information content (AvgIpc) is 3.37. The van der Waals surface area contributed by atoms with E-state index >= 15 is 0 Å². The number of amides is 1. The molecule has 5 rings (SSSR count). The average molecular weight is 438 g/mol. The zero-order chi connectivity index (χ0) is 20.8. The van der Waals surface area contributed by atoms with Crippen molar-refractivity contribution in [3.8, 4) is 0 Å². The van der Waals surface area contributed by atoms with E-state index in [0.717, 1.165) is 10.5 Å². The van der Waals surface area contributed by atoms with Gasteiger partial charge in [-0.2, -0.15) is 0 Å². The molecule has 1 aliphatic rings. The molecule has 7 heteroatoms. The van der Waals surface area contributed by atoms with Crippen molar-refractivity contribution in [2.45, 2.75) is 17.5 Å². The molecule has 0 fully saturated rings. The van der Waals surface area contributed by atoms with Gasteiger partial charge in [-0.15, -0.1) is 11.8 Å². The van der Waals surface area contributed by atoms with E-state index in [1.54, 1.807) is 53.3 Å². The van der Waals surface area contributed by atoms with Crippen molar-refractivity contribution in [3.63, 3.8) is 0 Å². The van der Waals surface area contributed by atoms with Crippen molar-refractivity contribution in [1.82, 2.24) is 4.90 Å². The molecule has 0 saturated heterocycles. The molecule has 1 atom stereocenters. The summed E-state index contributed by atoms with van der Waals surface area (Å²) in [6, 6.07) is 15.7. The molecule has 1 unspecified atom stereocenters. The summed E-state index contributed by atoms with van der Waals surface area (Å²) in [5.74, 6) is 0.358. The maximum absolute atomic E-state index is 13.4. The molecule has 0 N–H and O–H groups in total. The van der Waals surface area contributed by atoms with Gasteiger partial charge in [0.15, 0.2) is 5.43 Å². The molecule has 150 valence electrons. The second-order valence-electron chi connectivity index (χ2n) is 7.00. The second kappa shape index (κ2) is 7.38. The molecule has 0 spiro atoms. The number of carbonyl (C=O) groups is 1. The van der Waals surface area contributed by atoms with Gasteiger partial charge in [0.1, 0.15) is 11.3 Å². The minimum absolute atomic E-state index is 0.0697. The van der Waals surface area contributed by atoms with Crippen LogP contribution in [0.25, 0.3) is 11.0 Å². The second-order valence-corrected chi connectivity index (χ2v) is 8.32. The van der Waals surface area contributed by atoms with Crippen LogP contribution in [0.4, 0.5) is 0 Å². The maximum Gasteiger partial charge on any atom is 0.291 e. The van der Waals surface area contributed by atoms with Crippen LogP contribution in [0.1, 0.15) is 33.5 Å². The van der Waals surface area contributed by atoms with Crippen LogP contribution in [0, 0.1) is 0 Å². The third-order valence-corrected chi connectivity index (χ3v) is 6.24. The molecule has 0 aliphatic carbocycles. The Morgan fingerprint density at radius 3 is 2.60 bits per heavy atom. The SMILES string of the molecule is CSc1ccc(C2c3c(oc4ccc(Cl)cc4c3=O)C(=O)N2Cc2ccco2)cc1. The first kappa shape index (κ1) is 19.0. The van der Waals surface area contributed by atoms with E-state index < -0.39 is 6.04 Å². The number of furan rings is 1. The third kappa shape index (κ3) is 3.04. The summed E-state index contributed by atoms with van der Waals surface area (Å²) in [5.41, 5.74) is 1.26. The summed E-state index contributed by atoms with van der Waals surface area (Å²) in [6.45, 7) is 0.224. The van der Waals surface area contributed by atoms with Gasteiger partial charge in [-0.05, 0) is 54.3 Å². The summed E-state index contributed by atoms with van der Waals surface area (Å²) in [7, 11) is 0. The number of nitrogens with zero attached hydrogens (tertiary/aromatic N) is 1. The molecule has 2 aromatic heterocycles. The van der Waals surface area contributed by atoms with Crippen LogP contribution in [-0.2, 0) is 6.54 Å². The molecule has 1 amide bonds. The van der Waals surface area contributed by atoms with Crippen LogP contribution >= 0.6 is 23.4 Å². The van der Waals surface area contributed by atoms with Gasteiger partial charge < -0.3 is 13.7 Å². The van der Waals surface area contributed by atoms with Gasteiger partial charge >= 0.3 is 0 Å². The summed E-state index contributed by atoms with van der Waals surface area (Å²) >= 11 is 7.73. The van der Waals surface area contributed by atoms with Gasteiger partial charge in [-0.1, -0.05) is 23.7 Å². The Morgan fingerprint density at radius 2 is 1.90 bits per heavy atom. The van der Waals surface area contributed by atoms with Crippen LogP contribution in [0.3, 0.4) is 0 Å². The van der Waals surface area contributed by atoms with E-state index in [0.29, 0.717) is 27.3 Å². The van der Waals surface area contributed by atoms with Crippen molar-refractivity contribution in [1.29, 1.82) is 0 Å². The first-order valence-electron chi connectivity index (χ1n) is 9.30. The van der Waals surface area contributed by atoms with Crippen LogP contribution in [0.15, 0.2) is 79.4 Å². The lowest BCUT2D eigenvalue weighted by molar-refractivity contribution is 0.0701. The largest absolute Gasteiger partial charge is 0.467 e. The monoisotopic (exact) mass is 437 g/mol. The first-order valence-corrected chi connectivity index (χ1v) is 10.9. The van der Waals surface area contributed by atoms with E-state index in [1.165, 1.54) is 0 Å². The number of fused-ring (bicyclic) bond motifs is 2. The van der Waals surface area contributed by atoms with Crippen LogP contribution in [0.2, 0.25) is 5.02 Å². The molecule has 4 aromatic rings. The van der Waals surface area contributed by atoms with E-state index in [2.05, 4.69) is 0 Å². The molecular weight excluding hydrogens is 422 g/mol. The molecule has 1 aliphatic heterocycles. The molecular formula is C23H16ClNO4S. The fourth-order valence-electron chi connectivity index (χ4n) is 3.86. The fourth-order valence-corrected chi connectivity index (χ4v) is 4.44. The van der Waals surface area contributed by atoms with Crippen molar-refractivity contribution in [2.75, 3.05) is 6.26 Å². The van der Waals surface area contributed by atoms with Crippen molar-refractivity contribution >= 4 is 40.2 Å². The number of carbonyl (C=O) groups excluding carboxylic acids is 1. The number of rotatable bonds is 4. The Bertz CT molecular complexity index is 1310. The van der Waals surface area contributed by atoms with E-state index in [-0.39, 0.29) is 23.6 Å². The van der Waals surface area contributed by atoms with Gasteiger partial charge in [0.05, 0.1) is 29.8 Å². The Kier molecular flexibility index (Phi) is 4.68. The first-order chi connectivity index (χ1) is 14.6. The molecule has 30 heavy (non-hydrogen) atoms. The Labute approximate surface area is 181 Å². The van der Waals surface area contributed by atoms with E-state index in [9.17, 15) is 9.59 Å². The highest BCUT2D eigenvalue weighted by molar-refractivity contribution is 7.98. The predicted octanol–water partition coefficient (Wildman–Crippen LogP) is 5.51. The molecule has 0 radical (unpaired) electrons. The molecule has 0 bridgehead atoms. The molecule has 3 heterocycles. The van der Waals surface area contributed by atoms with E-state index in [1.807, 2.05) is 30.5 Å². The number of hydrogen-bond donors (Lipinski definition) is 0. The third-order valence-electron chi connectivity index (χ3n) is 5.27. The number of thioether (sulfide) groups is 1. The van der Waals surface area contributed by atoms with Gasteiger partial charge in [0.2, 0.25) is 5.76 Å². The van der Waals surface area contributed by atoms with Crippen molar-refractivity contribution in [3.05, 3.63) is 98.8 Å². The molecule has 2 aromatic carbocycles. The summed E-state index contributed by atoms with van der Waals surface area (Å²) < 4.78 is 11.4. The number of halogens is 1. The fraction of sp³-hybridized carbons (Fsp3) is 0.130. The van der Waals surface area contributed by atoms with Crippen LogP contribution < -0.4 is 5.43 Å². The highest BCUT2D eigenvalue weighted by Gasteiger charge is 2.43.